The molecule has 0 radical (unpaired) electrons. The molecule has 1 atom stereocenters. The Kier molecular flexibility index (Phi) is 5.64. The lowest BCUT2D eigenvalue weighted by atomic mass is 9.87. The molecule has 1 fully saturated rings. The summed E-state index contributed by atoms with van der Waals surface area (Å²) in [6.45, 7) is 9.42. The van der Waals surface area contributed by atoms with Gasteiger partial charge in [0.05, 0.1) is 0 Å². The molecule has 2 N–H and O–H groups in total. The molecule has 0 heterocycles. The Hall–Kier alpha value is -0.570. The normalized spacial score (nSPS) is 18.9. The maximum atomic E-state index is 12.3. The van der Waals surface area contributed by atoms with E-state index in [1.54, 1.807) is 0 Å². The first kappa shape index (κ1) is 15.5. The van der Waals surface area contributed by atoms with Gasteiger partial charge in [-0.3, -0.25) is 4.79 Å². The zero-order chi connectivity index (χ0) is 13.8. The van der Waals surface area contributed by atoms with Gasteiger partial charge < -0.3 is 10.6 Å². The van der Waals surface area contributed by atoms with Gasteiger partial charge in [-0.15, -0.1) is 0 Å². The van der Waals surface area contributed by atoms with Crippen molar-refractivity contribution in [2.24, 2.45) is 11.1 Å². The smallest absolute Gasteiger partial charge is 0.224 e. The highest BCUT2D eigenvalue weighted by Gasteiger charge is 2.27. The summed E-state index contributed by atoms with van der Waals surface area (Å²) in [5.74, 6) is 0.251. The van der Waals surface area contributed by atoms with E-state index in [2.05, 4.69) is 32.6 Å². The van der Waals surface area contributed by atoms with E-state index in [9.17, 15) is 4.79 Å². The molecule has 1 aliphatic carbocycles. The number of carbonyl (C=O) groups excluding carboxylic acids is 1. The molecule has 0 spiro atoms. The molecule has 1 aliphatic rings. The van der Waals surface area contributed by atoms with E-state index in [0.29, 0.717) is 12.5 Å². The molecule has 0 aromatic rings. The predicted molar refractivity (Wildman–Crippen MR) is 76.3 cm³/mol. The van der Waals surface area contributed by atoms with Crippen molar-refractivity contribution in [2.75, 3.05) is 6.54 Å². The van der Waals surface area contributed by atoms with Crippen molar-refractivity contribution in [3.8, 4) is 0 Å². The highest BCUT2D eigenvalue weighted by Crippen LogP contribution is 2.25. The van der Waals surface area contributed by atoms with Crippen molar-refractivity contribution in [1.29, 1.82) is 0 Å². The molecule has 0 bridgehead atoms. The van der Waals surface area contributed by atoms with Crippen LogP contribution < -0.4 is 5.73 Å². The van der Waals surface area contributed by atoms with Crippen molar-refractivity contribution >= 4 is 5.91 Å². The summed E-state index contributed by atoms with van der Waals surface area (Å²) in [6, 6.07) is 0.470. The second kappa shape index (κ2) is 6.55. The summed E-state index contributed by atoms with van der Waals surface area (Å²) in [4.78, 5) is 14.4. The van der Waals surface area contributed by atoms with E-state index in [1.165, 1.54) is 25.7 Å². The fourth-order valence-electron chi connectivity index (χ4n) is 3.05. The molecule has 3 nitrogen and oxygen atoms in total. The molecule has 1 unspecified atom stereocenters. The number of rotatable bonds is 5. The minimum atomic E-state index is -0.00652. The number of amides is 1. The third-order valence-corrected chi connectivity index (χ3v) is 3.74. The lowest BCUT2D eigenvalue weighted by molar-refractivity contribution is -0.133. The van der Waals surface area contributed by atoms with E-state index in [0.717, 1.165) is 13.0 Å². The molecule has 18 heavy (non-hydrogen) atoms. The van der Waals surface area contributed by atoms with Crippen LogP contribution in [0, 0.1) is 5.41 Å². The molecule has 1 saturated carbocycles. The largest absolute Gasteiger partial charge is 0.340 e. The molecule has 3 heteroatoms. The number of hydrogen-bond acceptors (Lipinski definition) is 2. The zero-order valence-electron chi connectivity index (χ0n) is 12.5. The average Bonchev–Trinajstić information content (AvgIpc) is 2.68. The SMILES string of the molecule is CCN(C(=O)CC(N)CC(C)(C)C)C1CCCC1. The van der Waals surface area contributed by atoms with Gasteiger partial charge >= 0.3 is 0 Å². The maximum Gasteiger partial charge on any atom is 0.224 e. The summed E-state index contributed by atoms with van der Waals surface area (Å²) < 4.78 is 0. The molecular formula is C15H30N2O. The minimum absolute atomic E-state index is 0.00652. The first-order chi connectivity index (χ1) is 8.33. The molecule has 106 valence electrons. The van der Waals surface area contributed by atoms with E-state index >= 15 is 0 Å². The zero-order valence-corrected chi connectivity index (χ0v) is 12.5. The van der Waals surface area contributed by atoms with Gasteiger partial charge in [0, 0.05) is 25.0 Å². The number of nitrogens with two attached hydrogens (primary N) is 1. The van der Waals surface area contributed by atoms with Crippen molar-refractivity contribution < 1.29 is 4.79 Å². The lowest BCUT2D eigenvalue weighted by Crippen LogP contribution is -2.42. The number of hydrogen-bond donors (Lipinski definition) is 1. The molecule has 1 rings (SSSR count). The highest BCUT2D eigenvalue weighted by molar-refractivity contribution is 5.77. The van der Waals surface area contributed by atoms with Gasteiger partial charge in [-0.1, -0.05) is 33.6 Å². The fraction of sp³-hybridized carbons (Fsp3) is 0.933. The Morgan fingerprint density at radius 2 is 1.89 bits per heavy atom. The molecule has 1 amide bonds. The van der Waals surface area contributed by atoms with Crippen LogP contribution in [0.5, 0.6) is 0 Å². The predicted octanol–water partition coefficient (Wildman–Crippen LogP) is 2.93. The van der Waals surface area contributed by atoms with Crippen LogP contribution in [0.3, 0.4) is 0 Å². The van der Waals surface area contributed by atoms with Crippen molar-refractivity contribution in [2.45, 2.75) is 78.3 Å². The summed E-state index contributed by atoms with van der Waals surface area (Å²) in [5.41, 5.74) is 6.30. The minimum Gasteiger partial charge on any atom is -0.340 e. The van der Waals surface area contributed by atoms with Crippen LogP contribution in [-0.2, 0) is 4.79 Å². The highest BCUT2D eigenvalue weighted by atomic mass is 16.2. The van der Waals surface area contributed by atoms with Crippen LogP contribution in [-0.4, -0.2) is 29.4 Å². The van der Waals surface area contributed by atoms with E-state index < -0.39 is 0 Å². The summed E-state index contributed by atoms with van der Waals surface area (Å²) in [6.07, 6.45) is 6.29. The Labute approximate surface area is 112 Å². The van der Waals surface area contributed by atoms with Gasteiger partial charge in [-0.05, 0) is 31.6 Å². The Balaban J connectivity index is 2.46. The quantitative estimate of drug-likeness (QED) is 0.820. The molecule has 0 saturated heterocycles. The standard InChI is InChI=1S/C15H30N2O/c1-5-17(13-8-6-7-9-13)14(18)10-12(16)11-15(2,3)4/h12-13H,5-11,16H2,1-4H3. The molecule has 0 aliphatic heterocycles. The van der Waals surface area contributed by atoms with Crippen LogP contribution in [0.4, 0.5) is 0 Å². The third kappa shape index (κ3) is 4.97. The van der Waals surface area contributed by atoms with Gasteiger partial charge in [-0.2, -0.15) is 0 Å². The Bertz CT molecular complexity index is 264. The van der Waals surface area contributed by atoms with Crippen molar-refractivity contribution in [3.63, 3.8) is 0 Å². The number of nitrogens with zero attached hydrogens (tertiary/aromatic N) is 1. The Morgan fingerprint density at radius 1 is 1.33 bits per heavy atom. The topological polar surface area (TPSA) is 46.3 Å². The third-order valence-electron chi connectivity index (χ3n) is 3.74. The van der Waals surface area contributed by atoms with Gasteiger partial charge in [-0.25, -0.2) is 0 Å². The van der Waals surface area contributed by atoms with E-state index in [4.69, 9.17) is 5.73 Å². The fourth-order valence-corrected chi connectivity index (χ4v) is 3.05. The summed E-state index contributed by atoms with van der Waals surface area (Å²) in [7, 11) is 0. The van der Waals surface area contributed by atoms with Crippen LogP contribution in [0.1, 0.15) is 66.2 Å². The second-order valence-corrected chi connectivity index (χ2v) is 6.85. The molecule has 0 aromatic carbocycles. The van der Waals surface area contributed by atoms with Gasteiger partial charge in [0.25, 0.3) is 0 Å². The Morgan fingerprint density at radius 3 is 2.33 bits per heavy atom. The van der Waals surface area contributed by atoms with Crippen molar-refractivity contribution in [3.05, 3.63) is 0 Å². The van der Waals surface area contributed by atoms with E-state index in [-0.39, 0.29) is 17.4 Å². The van der Waals surface area contributed by atoms with Crippen LogP contribution in [0.25, 0.3) is 0 Å². The molecular weight excluding hydrogens is 224 g/mol. The monoisotopic (exact) mass is 254 g/mol. The first-order valence-electron chi connectivity index (χ1n) is 7.38. The van der Waals surface area contributed by atoms with Gasteiger partial charge in [0.2, 0.25) is 5.91 Å². The summed E-state index contributed by atoms with van der Waals surface area (Å²) >= 11 is 0. The lowest BCUT2D eigenvalue weighted by Gasteiger charge is -2.30. The van der Waals surface area contributed by atoms with Gasteiger partial charge in [0.15, 0.2) is 0 Å². The van der Waals surface area contributed by atoms with E-state index in [1.807, 2.05) is 0 Å². The first-order valence-corrected chi connectivity index (χ1v) is 7.38. The van der Waals surface area contributed by atoms with Crippen LogP contribution >= 0.6 is 0 Å². The maximum absolute atomic E-state index is 12.3. The number of carbonyl (C=O) groups is 1. The average molecular weight is 254 g/mol. The second-order valence-electron chi connectivity index (χ2n) is 6.85. The van der Waals surface area contributed by atoms with Crippen molar-refractivity contribution in [1.82, 2.24) is 4.90 Å². The van der Waals surface area contributed by atoms with Crippen LogP contribution in [0.15, 0.2) is 0 Å². The summed E-state index contributed by atoms with van der Waals surface area (Å²) in [5, 5.41) is 0. The molecule has 0 aromatic heterocycles. The van der Waals surface area contributed by atoms with Crippen LogP contribution in [0.2, 0.25) is 0 Å². The van der Waals surface area contributed by atoms with Gasteiger partial charge in [0.1, 0.15) is 0 Å².